The second-order valence-corrected chi connectivity index (χ2v) is 8.52. The summed E-state index contributed by atoms with van der Waals surface area (Å²) in [4.78, 5) is 12.5. The minimum atomic E-state index is -4.43. The molecule has 0 spiro atoms. The summed E-state index contributed by atoms with van der Waals surface area (Å²) in [6.07, 6.45) is -3.01. The van der Waals surface area contributed by atoms with Crippen molar-refractivity contribution in [3.63, 3.8) is 0 Å². The number of alkyl halides is 3. The Balaban J connectivity index is 1.69. The molecule has 0 radical (unpaired) electrons. The molecule has 0 unspecified atom stereocenters. The maximum absolute atomic E-state index is 12.6. The topological polar surface area (TPSA) is 88.4 Å². The summed E-state index contributed by atoms with van der Waals surface area (Å²) in [5.41, 5.74) is 0.393. The second-order valence-electron chi connectivity index (χ2n) is 6.76. The zero-order valence-corrected chi connectivity index (χ0v) is 17.2. The molecule has 0 aliphatic rings. The van der Waals surface area contributed by atoms with Crippen LogP contribution in [0.5, 0.6) is 0 Å². The van der Waals surface area contributed by atoms with Crippen LogP contribution >= 0.6 is 0 Å². The predicted octanol–water partition coefficient (Wildman–Crippen LogP) is 4.02. The highest BCUT2D eigenvalue weighted by Gasteiger charge is 2.29. The van der Waals surface area contributed by atoms with Gasteiger partial charge in [0.1, 0.15) is 5.76 Å². The second kappa shape index (κ2) is 8.94. The van der Waals surface area contributed by atoms with Crippen molar-refractivity contribution in [1.82, 2.24) is 10.0 Å². The van der Waals surface area contributed by atoms with Gasteiger partial charge in [0.05, 0.1) is 23.3 Å². The van der Waals surface area contributed by atoms with Gasteiger partial charge in [-0.05, 0) is 54.4 Å². The Bertz CT molecular complexity index is 1160. The molecule has 0 aliphatic carbocycles. The van der Waals surface area contributed by atoms with E-state index in [1.165, 1.54) is 36.6 Å². The number of benzene rings is 2. The van der Waals surface area contributed by atoms with Crippen LogP contribution in [0.3, 0.4) is 0 Å². The van der Waals surface area contributed by atoms with Crippen LogP contribution in [-0.2, 0) is 29.3 Å². The van der Waals surface area contributed by atoms with Gasteiger partial charge in [-0.25, -0.2) is 13.1 Å². The van der Waals surface area contributed by atoms with Gasteiger partial charge < -0.3 is 9.73 Å². The summed E-state index contributed by atoms with van der Waals surface area (Å²) in [5.74, 6) is -0.106. The van der Waals surface area contributed by atoms with Gasteiger partial charge >= 0.3 is 6.18 Å². The fourth-order valence-corrected chi connectivity index (χ4v) is 3.78. The van der Waals surface area contributed by atoms with Gasteiger partial charge in [0, 0.05) is 12.1 Å². The molecule has 31 heavy (non-hydrogen) atoms. The number of rotatable bonds is 7. The van der Waals surface area contributed by atoms with Gasteiger partial charge in [-0.15, -0.1) is 0 Å². The summed E-state index contributed by atoms with van der Waals surface area (Å²) in [5, 5.41) is 2.60. The Labute approximate surface area is 177 Å². The van der Waals surface area contributed by atoms with Crippen molar-refractivity contribution >= 4 is 15.9 Å². The van der Waals surface area contributed by atoms with Crippen LogP contribution in [-0.4, -0.2) is 14.3 Å². The normalized spacial score (nSPS) is 12.0. The van der Waals surface area contributed by atoms with E-state index in [2.05, 4.69) is 10.0 Å². The summed E-state index contributed by atoms with van der Waals surface area (Å²) in [6.45, 7) is 1.60. The minimum Gasteiger partial charge on any atom is -0.468 e. The number of furan rings is 1. The number of nitrogens with one attached hydrogen (secondary N) is 2. The van der Waals surface area contributed by atoms with Crippen LogP contribution in [0.1, 0.15) is 32.8 Å². The van der Waals surface area contributed by atoms with Crippen LogP contribution in [0.25, 0.3) is 0 Å². The minimum absolute atomic E-state index is 0.00979. The monoisotopic (exact) mass is 452 g/mol. The van der Waals surface area contributed by atoms with E-state index in [9.17, 15) is 26.4 Å². The Morgan fingerprint density at radius 3 is 2.35 bits per heavy atom. The summed E-state index contributed by atoms with van der Waals surface area (Å²) < 4.78 is 70.5. The highest BCUT2D eigenvalue weighted by atomic mass is 32.2. The van der Waals surface area contributed by atoms with Crippen LogP contribution in [0.2, 0.25) is 0 Å². The molecule has 1 aromatic heterocycles. The first kappa shape index (κ1) is 22.6. The van der Waals surface area contributed by atoms with Crippen molar-refractivity contribution in [3.8, 4) is 0 Å². The number of amides is 1. The number of hydrogen-bond donors (Lipinski definition) is 2. The highest BCUT2D eigenvalue weighted by Crippen LogP contribution is 2.29. The largest absolute Gasteiger partial charge is 0.468 e. The number of halogens is 3. The van der Waals surface area contributed by atoms with Crippen molar-refractivity contribution in [2.75, 3.05) is 0 Å². The van der Waals surface area contributed by atoms with Gasteiger partial charge in [-0.3, -0.25) is 4.79 Å². The van der Waals surface area contributed by atoms with Crippen LogP contribution in [0, 0.1) is 6.92 Å². The molecule has 0 atom stereocenters. The van der Waals surface area contributed by atoms with E-state index >= 15 is 0 Å². The van der Waals surface area contributed by atoms with Gasteiger partial charge in [0.25, 0.3) is 5.91 Å². The molecule has 1 amide bonds. The first-order chi connectivity index (χ1) is 14.6. The molecule has 0 aliphatic heterocycles. The van der Waals surface area contributed by atoms with E-state index in [0.29, 0.717) is 16.9 Å². The van der Waals surface area contributed by atoms with Gasteiger partial charge in [-0.1, -0.05) is 18.2 Å². The predicted molar refractivity (Wildman–Crippen MR) is 107 cm³/mol. The molecule has 2 N–H and O–H groups in total. The Morgan fingerprint density at radius 2 is 1.74 bits per heavy atom. The molecule has 3 aromatic rings. The van der Waals surface area contributed by atoms with Crippen molar-refractivity contribution < 1.29 is 30.8 Å². The lowest BCUT2D eigenvalue weighted by atomic mass is 10.1. The third-order valence-corrected chi connectivity index (χ3v) is 5.91. The number of sulfonamides is 1. The van der Waals surface area contributed by atoms with Crippen molar-refractivity contribution in [2.24, 2.45) is 0 Å². The molecule has 2 aromatic carbocycles. The quantitative estimate of drug-likeness (QED) is 0.567. The molecular weight excluding hydrogens is 433 g/mol. The van der Waals surface area contributed by atoms with Crippen molar-refractivity contribution in [3.05, 3.63) is 88.9 Å². The number of aryl methyl sites for hydroxylation is 1. The van der Waals surface area contributed by atoms with Gasteiger partial charge in [0.2, 0.25) is 10.0 Å². The average Bonchev–Trinajstić information content (AvgIpc) is 3.24. The molecular formula is C21H19F3N2O4S. The molecule has 0 fully saturated rings. The Kier molecular flexibility index (Phi) is 6.51. The van der Waals surface area contributed by atoms with Crippen LogP contribution in [0.4, 0.5) is 13.2 Å². The fraction of sp³-hybridized carbons (Fsp3) is 0.190. The molecule has 164 valence electrons. The van der Waals surface area contributed by atoms with Gasteiger partial charge in [0.15, 0.2) is 0 Å². The van der Waals surface area contributed by atoms with E-state index in [0.717, 1.165) is 12.1 Å². The number of hydrogen-bond acceptors (Lipinski definition) is 4. The third kappa shape index (κ3) is 5.74. The number of carbonyl (C=O) groups excluding carboxylic acids is 1. The van der Waals surface area contributed by atoms with Crippen LogP contribution < -0.4 is 10.0 Å². The SMILES string of the molecule is Cc1ccc(S(=O)(=O)NCc2ccco2)cc1C(=O)NCc1ccc(C(F)(F)F)cc1. The molecule has 1 heterocycles. The van der Waals surface area contributed by atoms with Crippen molar-refractivity contribution in [1.29, 1.82) is 0 Å². The molecule has 0 bridgehead atoms. The zero-order valence-electron chi connectivity index (χ0n) is 16.4. The maximum Gasteiger partial charge on any atom is 0.416 e. The van der Waals surface area contributed by atoms with Crippen molar-refractivity contribution in [2.45, 2.75) is 31.1 Å². The van der Waals surface area contributed by atoms with Crippen LogP contribution in [0.15, 0.2) is 70.2 Å². The van der Waals surface area contributed by atoms with E-state index in [1.807, 2.05) is 0 Å². The average molecular weight is 452 g/mol. The molecule has 10 heteroatoms. The smallest absolute Gasteiger partial charge is 0.416 e. The molecule has 6 nitrogen and oxygen atoms in total. The maximum atomic E-state index is 12.6. The fourth-order valence-electron chi connectivity index (χ4n) is 2.76. The highest BCUT2D eigenvalue weighted by molar-refractivity contribution is 7.89. The molecule has 3 rings (SSSR count). The molecule has 0 saturated carbocycles. The lowest BCUT2D eigenvalue weighted by molar-refractivity contribution is -0.137. The van der Waals surface area contributed by atoms with E-state index in [-0.39, 0.29) is 23.5 Å². The van der Waals surface area contributed by atoms with Gasteiger partial charge in [-0.2, -0.15) is 13.2 Å². The zero-order chi connectivity index (χ0) is 22.6. The van der Waals surface area contributed by atoms with E-state index in [1.54, 1.807) is 19.1 Å². The summed E-state index contributed by atoms with van der Waals surface area (Å²) in [7, 11) is -3.89. The lowest BCUT2D eigenvalue weighted by Gasteiger charge is -2.12. The van der Waals surface area contributed by atoms with E-state index in [4.69, 9.17) is 4.42 Å². The van der Waals surface area contributed by atoms with E-state index < -0.39 is 27.7 Å². The summed E-state index contributed by atoms with van der Waals surface area (Å²) in [6, 6.07) is 11.8. The Morgan fingerprint density at radius 1 is 1.03 bits per heavy atom. The number of carbonyl (C=O) groups is 1. The first-order valence-corrected chi connectivity index (χ1v) is 10.6. The lowest BCUT2D eigenvalue weighted by Crippen LogP contribution is -2.26. The first-order valence-electron chi connectivity index (χ1n) is 9.13. The summed E-state index contributed by atoms with van der Waals surface area (Å²) >= 11 is 0. The standard InChI is InChI=1S/C21H19F3N2O4S/c1-14-4-9-18(31(28,29)26-13-17-3-2-10-30-17)11-19(14)20(27)25-12-15-5-7-16(8-6-15)21(22,23)24/h2-11,26H,12-13H2,1H3,(H,25,27). The third-order valence-electron chi connectivity index (χ3n) is 4.51. The molecule has 0 saturated heterocycles. The Hall–Kier alpha value is -3.11.